The van der Waals surface area contributed by atoms with Gasteiger partial charge in [-0.3, -0.25) is 20.2 Å². The van der Waals surface area contributed by atoms with Gasteiger partial charge in [0.15, 0.2) is 11.7 Å². The van der Waals surface area contributed by atoms with E-state index >= 15 is 0 Å². The molecule has 0 aliphatic carbocycles. The van der Waals surface area contributed by atoms with E-state index in [-0.39, 0.29) is 18.2 Å². The molecule has 0 spiro atoms. The summed E-state index contributed by atoms with van der Waals surface area (Å²) in [6, 6.07) is 21.9. The summed E-state index contributed by atoms with van der Waals surface area (Å²) < 4.78 is 5.58. The molecule has 1 amide bonds. The Hall–Kier alpha value is -4.04. The zero-order chi connectivity index (χ0) is 22.5. The van der Waals surface area contributed by atoms with Gasteiger partial charge >= 0.3 is 0 Å². The summed E-state index contributed by atoms with van der Waals surface area (Å²) in [6.45, 7) is 1.91. The quantitative estimate of drug-likeness (QED) is 0.290. The first-order valence-corrected chi connectivity index (χ1v) is 10.7. The van der Waals surface area contributed by atoms with Gasteiger partial charge < -0.3 is 4.74 Å². The molecule has 0 unspecified atom stereocenters. The Morgan fingerprint density at radius 2 is 1.56 bits per heavy atom. The predicted octanol–water partition coefficient (Wildman–Crippen LogP) is 5.71. The van der Waals surface area contributed by atoms with Crippen molar-refractivity contribution in [3.8, 4) is 28.1 Å². The average Bonchev–Trinajstić information content (AvgIpc) is 3.27. The van der Waals surface area contributed by atoms with Crippen LogP contribution in [-0.2, 0) is 4.79 Å². The Labute approximate surface area is 188 Å². The minimum Gasteiger partial charge on any atom is -0.484 e. The normalized spacial score (nSPS) is 10.5. The fraction of sp³-hybridized carbons (Fsp3) is 0.0833. The Morgan fingerprint density at radius 3 is 2.19 bits per heavy atom. The van der Waals surface area contributed by atoms with Crippen molar-refractivity contribution in [2.45, 2.75) is 6.92 Å². The van der Waals surface area contributed by atoms with Crippen LogP contribution in [-0.4, -0.2) is 22.4 Å². The van der Waals surface area contributed by atoms with E-state index in [2.05, 4.69) is 34.6 Å². The predicted molar refractivity (Wildman–Crippen MR) is 125 cm³/mol. The molecule has 0 radical (unpaired) electrons. The van der Waals surface area contributed by atoms with Crippen molar-refractivity contribution in [2.75, 3.05) is 11.9 Å². The standard InChI is InChI=1S/C24H19N3O4S/c1-16-2-4-17(5-3-16)18-8-12-21(13-9-18)31-14-23(28)26-24-25-22(15-32-24)19-6-10-20(11-7-19)27(29)30/h2-13,15H,14H2,1H3,(H,25,26,28). The fourth-order valence-electron chi connectivity index (χ4n) is 3.01. The van der Waals surface area contributed by atoms with E-state index in [1.807, 2.05) is 31.2 Å². The van der Waals surface area contributed by atoms with E-state index in [4.69, 9.17) is 4.74 Å². The molecule has 4 rings (SSSR count). The average molecular weight is 446 g/mol. The van der Waals surface area contributed by atoms with E-state index in [9.17, 15) is 14.9 Å². The smallest absolute Gasteiger partial charge is 0.269 e. The van der Waals surface area contributed by atoms with Gasteiger partial charge in [-0.15, -0.1) is 11.3 Å². The molecule has 0 aliphatic heterocycles. The lowest BCUT2D eigenvalue weighted by Gasteiger charge is -2.07. The molecule has 7 nitrogen and oxygen atoms in total. The number of rotatable bonds is 7. The molecule has 1 N–H and O–H groups in total. The molecule has 32 heavy (non-hydrogen) atoms. The van der Waals surface area contributed by atoms with Crippen LogP contribution in [0.4, 0.5) is 10.8 Å². The molecular formula is C24H19N3O4S. The summed E-state index contributed by atoms with van der Waals surface area (Å²) in [7, 11) is 0. The van der Waals surface area contributed by atoms with Gasteiger partial charge in [0.05, 0.1) is 10.6 Å². The van der Waals surface area contributed by atoms with Crippen LogP contribution in [0.5, 0.6) is 5.75 Å². The van der Waals surface area contributed by atoms with Crippen LogP contribution in [0.2, 0.25) is 0 Å². The largest absolute Gasteiger partial charge is 0.484 e. The van der Waals surface area contributed by atoms with Crippen LogP contribution < -0.4 is 10.1 Å². The van der Waals surface area contributed by atoms with E-state index in [0.29, 0.717) is 16.6 Å². The van der Waals surface area contributed by atoms with Crippen molar-refractivity contribution in [3.63, 3.8) is 0 Å². The number of benzene rings is 3. The summed E-state index contributed by atoms with van der Waals surface area (Å²) in [5.41, 5.74) is 4.78. The molecular weight excluding hydrogens is 426 g/mol. The molecule has 3 aromatic carbocycles. The summed E-state index contributed by atoms with van der Waals surface area (Å²) >= 11 is 1.27. The molecule has 0 saturated heterocycles. The van der Waals surface area contributed by atoms with Crippen molar-refractivity contribution >= 4 is 28.1 Å². The first kappa shape index (κ1) is 21.2. The summed E-state index contributed by atoms with van der Waals surface area (Å²) in [5, 5.41) is 15.7. The lowest BCUT2D eigenvalue weighted by atomic mass is 10.0. The lowest BCUT2D eigenvalue weighted by Crippen LogP contribution is -2.20. The van der Waals surface area contributed by atoms with Gasteiger partial charge in [-0.05, 0) is 42.3 Å². The molecule has 0 saturated carbocycles. The van der Waals surface area contributed by atoms with Crippen molar-refractivity contribution in [3.05, 3.63) is 93.9 Å². The van der Waals surface area contributed by atoms with Crippen molar-refractivity contribution < 1.29 is 14.5 Å². The first-order valence-electron chi connectivity index (χ1n) is 9.78. The Kier molecular flexibility index (Phi) is 6.23. The highest BCUT2D eigenvalue weighted by atomic mass is 32.1. The SMILES string of the molecule is Cc1ccc(-c2ccc(OCC(=O)Nc3nc(-c4ccc([N+](=O)[O-])cc4)cs3)cc2)cc1. The maximum absolute atomic E-state index is 12.2. The number of carbonyl (C=O) groups excluding carboxylic acids is 1. The second kappa shape index (κ2) is 9.40. The van der Waals surface area contributed by atoms with E-state index in [0.717, 1.165) is 16.7 Å². The number of hydrogen-bond donors (Lipinski definition) is 1. The third-order valence-corrected chi connectivity index (χ3v) is 5.49. The summed E-state index contributed by atoms with van der Waals surface area (Å²) in [6.07, 6.45) is 0. The van der Waals surface area contributed by atoms with Crippen LogP contribution in [0, 0.1) is 17.0 Å². The van der Waals surface area contributed by atoms with Crippen LogP contribution in [0.3, 0.4) is 0 Å². The number of carbonyl (C=O) groups is 1. The van der Waals surface area contributed by atoms with Crippen LogP contribution in [0.1, 0.15) is 5.56 Å². The lowest BCUT2D eigenvalue weighted by molar-refractivity contribution is -0.384. The zero-order valence-corrected chi connectivity index (χ0v) is 18.0. The number of nitrogens with zero attached hydrogens (tertiary/aromatic N) is 2. The third kappa shape index (κ3) is 5.16. The molecule has 1 heterocycles. The molecule has 0 bridgehead atoms. The third-order valence-electron chi connectivity index (χ3n) is 4.73. The summed E-state index contributed by atoms with van der Waals surface area (Å²) in [5.74, 6) is 0.277. The molecule has 0 atom stereocenters. The minimum atomic E-state index is -0.452. The van der Waals surface area contributed by atoms with Gasteiger partial charge in [0.25, 0.3) is 11.6 Å². The number of ether oxygens (including phenoxy) is 1. The Balaban J connectivity index is 1.31. The molecule has 1 aromatic heterocycles. The van der Waals surface area contributed by atoms with Gasteiger partial charge in [-0.1, -0.05) is 42.0 Å². The van der Waals surface area contributed by atoms with E-state index in [1.54, 1.807) is 17.5 Å². The van der Waals surface area contributed by atoms with Gasteiger partial charge in [0, 0.05) is 23.1 Å². The maximum Gasteiger partial charge on any atom is 0.269 e. The van der Waals surface area contributed by atoms with Gasteiger partial charge in [0.2, 0.25) is 0 Å². The molecule has 4 aromatic rings. The number of nitro groups is 1. The topological polar surface area (TPSA) is 94.4 Å². The number of non-ortho nitro benzene ring substituents is 1. The molecule has 160 valence electrons. The first-order chi connectivity index (χ1) is 15.5. The highest BCUT2D eigenvalue weighted by Gasteiger charge is 2.11. The van der Waals surface area contributed by atoms with Crippen molar-refractivity contribution in [1.29, 1.82) is 0 Å². The minimum absolute atomic E-state index is 0.0153. The van der Waals surface area contributed by atoms with E-state index in [1.165, 1.54) is 29.0 Å². The Bertz CT molecular complexity index is 1230. The van der Waals surface area contributed by atoms with Crippen molar-refractivity contribution in [1.82, 2.24) is 4.98 Å². The van der Waals surface area contributed by atoms with Crippen LogP contribution in [0.15, 0.2) is 78.2 Å². The monoisotopic (exact) mass is 445 g/mol. The summed E-state index contributed by atoms with van der Waals surface area (Å²) in [4.78, 5) is 26.9. The number of aryl methyl sites for hydroxylation is 1. The zero-order valence-electron chi connectivity index (χ0n) is 17.1. The number of nitro benzene ring substituents is 1. The number of thiazole rings is 1. The number of nitrogens with one attached hydrogen (secondary N) is 1. The highest BCUT2D eigenvalue weighted by molar-refractivity contribution is 7.14. The van der Waals surface area contributed by atoms with Gasteiger partial charge in [-0.2, -0.15) is 0 Å². The Morgan fingerprint density at radius 1 is 0.969 bits per heavy atom. The number of anilines is 1. The van der Waals surface area contributed by atoms with Gasteiger partial charge in [-0.25, -0.2) is 4.98 Å². The van der Waals surface area contributed by atoms with Crippen LogP contribution >= 0.6 is 11.3 Å². The number of hydrogen-bond acceptors (Lipinski definition) is 6. The highest BCUT2D eigenvalue weighted by Crippen LogP contribution is 2.27. The van der Waals surface area contributed by atoms with E-state index < -0.39 is 4.92 Å². The molecule has 0 aliphatic rings. The molecule has 0 fully saturated rings. The number of amides is 1. The fourth-order valence-corrected chi connectivity index (χ4v) is 3.75. The maximum atomic E-state index is 12.2. The molecule has 8 heteroatoms. The van der Waals surface area contributed by atoms with Crippen molar-refractivity contribution in [2.24, 2.45) is 0 Å². The second-order valence-corrected chi connectivity index (χ2v) is 7.93. The number of aromatic nitrogens is 1. The van der Waals surface area contributed by atoms with Crippen LogP contribution in [0.25, 0.3) is 22.4 Å². The van der Waals surface area contributed by atoms with Gasteiger partial charge in [0.1, 0.15) is 5.75 Å². The second-order valence-electron chi connectivity index (χ2n) is 7.07.